The van der Waals surface area contributed by atoms with Crippen molar-refractivity contribution in [1.82, 2.24) is 15.5 Å². The van der Waals surface area contributed by atoms with Crippen LogP contribution >= 0.6 is 0 Å². The molecule has 3 rings (SSSR count). The van der Waals surface area contributed by atoms with Crippen LogP contribution in [0.2, 0.25) is 0 Å². The summed E-state index contributed by atoms with van der Waals surface area (Å²) in [5.41, 5.74) is 2.70. The maximum atomic E-state index is 12.6. The standard InChI is InChI=1S/C16H23N3O/c1-12-9-18-15(10-17-12)16(20)19-8-4-7-13-5-2-3-6-14(13)11-19/h2-3,5-6,12,15,17-18H,4,7-11H2,1H3. The quantitative estimate of drug-likeness (QED) is 0.799. The Kier molecular flexibility index (Phi) is 4.03. The number of hydrogen-bond acceptors (Lipinski definition) is 3. The number of aryl methyl sites for hydroxylation is 1. The van der Waals surface area contributed by atoms with Gasteiger partial charge >= 0.3 is 0 Å². The molecule has 1 fully saturated rings. The first-order valence-corrected chi connectivity index (χ1v) is 7.56. The molecule has 20 heavy (non-hydrogen) atoms. The van der Waals surface area contributed by atoms with E-state index in [1.807, 2.05) is 4.90 Å². The maximum Gasteiger partial charge on any atom is 0.241 e. The molecule has 2 aliphatic heterocycles. The molecule has 0 aromatic heterocycles. The minimum absolute atomic E-state index is 0.0727. The van der Waals surface area contributed by atoms with Gasteiger partial charge in [-0.3, -0.25) is 4.79 Å². The molecule has 0 saturated carbocycles. The number of nitrogens with zero attached hydrogens (tertiary/aromatic N) is 1. The molecule has 0 radical (unpaired) electrons. The molecule has 4 nitrogen and oxygen atoms in total. The lowest BCUT2D eigenvalue weighted by Gasteiger charge is -2.32. The number of fused-ring (bicyclic) bond motifs is 1. The van der Waals surface area contributed by atoms with Crippen molar-refractivity contribution in [2.75, 3.05) is 19.6 Å². The van der Waals surface area contributed by atoms with E-state index in [4.69, 9.17) is 0 Å². The lowest BCUT2D eigenvalue weighted by Crippen LogP contribution is -2.59. The Morgan fingerprint density at radius 2 is 2.00 bits per heavy atom. The molecule has 2 heterocycles. The van der Waals surface area contributed by atoms with Gasteiger partial charge in [-0.2, -0.15) is 0 Å². The SMILES string of the molecule is CC1CNC(C(=O)N2CCCc3ccccc3C2)CN1. The number of nitrogens with one attached hydrogen (secondary N) is 2. The average Bonchev–Trinajstić information content (AvgIpc) is 2.69. The number of benzene rings is 1. The van der Waals surface area contributed by atoms with Crippen LogP contribution in [0.15, 0.2) is 24.3 Å². The molecule has 1 amide bonds. The van der Waals surface area contributed by atoms with Gasteiger partial charge in [0, 0.05) is 32.2 Å². The molecule has 0 bridgehead atoms. The Labute approximate surface area is 120 Å². The van der Waals surface area contributed by atoms with Crippen molar-refractivity contribution in [3.63, 3.8) is 0 Å². The van der Waals surface area contributed by atoms with E-state index in [9.17, 15) is 4.79 Å². The number of amides is 1. The van der Waals surface area contributed by atoms with Crippen LogP contribution in [0.25, 0.3) is 0 Å². The molecular weight excluding hydrogens is 250 g/mol. The smallest absolute Gasteiger partial charge is 0.241 e. The van der Waals surface area contributed by atoms with Gasteiger partial charge in [-0.25, -0.2) is 0 Å². The van der Waals surface area contributed by atoms with Gasteiger partial charge in [0.25, 0.3) is 0 Å². The first-order valence-electron chi connectivity index (χ1n) is 7.56. The van der Waals surface area contributed by atoms with Crippen molar-refractivity contribution in [3.8, 4) is 0 Å². The van der Waals surface area contributed by atoms with Crippen molar-refractivity contribution in [2.24, 2.45) is 0 Å². The van der Waals surface area contributed by atoms with Crippen LogP contribution in [0.1, 0.15) is 24.5 Å². The summed E-state index contributed by atoms with van der Waals surface area (Å²) in [5.74, 6) is 0.237. The van der Waals surface area contributed by atoms with Crippen LogP contribution in [0, 0.1) is 0 Å². The Hall–Kier alpha value is -1.39. The molecule has 1 aromatic carbocycles. The maximum absolute atomic E-state index is 12.6. The molecular formula is C16H23N3O. The van der Waals surface area contributed by atoms with E-state index in [0.717, 1.165) is 39.0 Å². The van der Waals surface area contributed by atoms with Gasteiger partial charge in [-0.05, 0) is 30.9 Å². The topological polar surface area (TPSA) is 44.4 Å². The molecule has 2 N–H and O–H groups in total. The van der Waals surface area contributed by atoms with Gasteiger partial charge in [0.05, 0.1) is 6.04 Å². The summed E-state index contributed by atoms with van der Waals surface area (Å²) in [5, 5.41) is 6.73. The average molecular weight is 273 g/mol. The summed E-state index contributed by atoms with van der Waals surface area (Å²) < 4.78 is 0. The fraction of sp³-hybridized carbons (Fsp3) is 0.562. The minimum atomic E-state index is -0.0727. The third-order valence-corrected chi connectivity index (χ3v) is 4.30. The van der Waals surface area contributed by atoms with E-state index in [0.29, 0.717) is 6.04 Å². The highest BCUT2D eigenvalue weighted by atomic mass is 16.2. The summed E-state index contributed by atoms with van der Waals surface area (Å²) in [6, 6.07) is 8.86. The first kappa shape index (κ1) is 13.6. The molecule has 2 unspecified atom stereocenters. The van der Waals surface area contributed by atoms with Gasteiger partial charge in [-0.15, -0.1) is 0 Å². The Morgan fingerprint density at radius 3 is 2.75 bits per heavy atom. The predicted octanol–water partition coefficient (Wildman–Crippen LogP) is 0.911. The largest absolute Gasteiger partial charge is 0.337 e. The number of rotatable bonds is 1. The van der Waals surface area contributed by atoms with E-state index in [1.165, 1.54) is 11.1 Å². The van der Waals surface area contributed by atoms with Gasteiger partial charge in [-0.1, -0.05) is 24.3 Å². The third kappa shape index (κ3) is 2.86. The van der Waals surface area contributed by atoms with Crippen LogP contribution in [0.5, 0.6) is 0 Å². The van der Waals surface area contributed by atoms with E-state index < -0.39 is 0 Å². The number of carbonyl (C=O) groups excluding carboxylic acids is 1. The molecule has 1 saturated heterocycles. The Balaban J connectivity index is 1.69. The highest BCUT2D eigenvalue weighted by Gasteiger charge is 2.28. The fourth-order valence-corrected chi connectivity index (χ4v) is 3.07. The zero-order valence-electron chi connectivity index (χ0n) is 12.1. The highest BCUT2D eigenvalue weighted by Crippen LogP contribution is 2.19. The second-order valence-electron chi connectivity index (χ2n) is 5.90. The third-order valence-electron chi connectivity index (χ3n) is 4.30. The Bertz CT molecular complexity index is 480. The van der Waals surface area contributed by atoms with Crippen molar-refractivity contribution >= 4 is 5.91 Å². The summed E-state index contributed by atoms with van der Waals surface area (Å²) >= 11 is 0. The molecule has 4 heteroatoms. The van der Waals surface area contributed by atoms with Gasteiger partial charge < -0.3 is 15.5 Å². The van der Waals surface area contributed by atoms with Crippen molar-refractivity contribution in [2.45, 2.75) is 38.4 Å². The lowest BCUT2D eigenvalue weighted by molar-refractivity contribution is -0.134. The molecule has 1 aromatic rings. The molecule has 2 aliphatic rings. The molecule has 0 spiro atoms. The van der Waals surface area contributed by atoms with E-state index in [-0.39, 0.29) is 11.9 Å². The zero-order chi connectivity index (χ0) is 13.9. The van der Waals surface area contributed by atoms with Crippen molar-refractivity contribution in [1.29, 1.82) is 0 Å². The van der Waals surface area contributed by atoms with E-state index in [1.54, 1.807) is 0 Å². The first-order chi connectivity index (χ1) is 9.74. The van der Waals surface area contributed by atoms with Crippen LogP contribution < -0.4 is 10.6 Å². The summed E-state index contributed by atoms with van der Waals surface area (Å²) in [4.78, 5) is 14.7. The molecule has 2 atom stereocenters. The van der Waals surface area contributed by atoms with Crippen molar-refractivity contribution in [3.05, 3.63) is 35.4 Å². The van der Waals surface area contributed by atoms with E-state index >= 15 is 0 Å². The molecule has 0 aliphatic carbocycles. The van der Waals surface area contributed by atoms with Crippen LogP contribution in [0.3, 0.4) is 0 Å². The summed E-state index contributed by atoms with van der Waals surface area (Å²) in [6.07, 6.45) is 2.13. The summed E-state index contributed by atoms with van der Waals surface area (Å²) in [7, 11) is 0. The van der Waals surface area contributed by atoms with Crippen LogP contribution in [-0.4, -0.2) is 42.5 Å². The normalized spacial score (nSPS) is 26.8. The second-order valence-corrected chi connectivity index (χ2v) is 5.90. The van der Waals surface area contributed by atoms with Gasteiger partial charge in [0.15, 0.2) is 0 Å². The predicted molar refractivity (Wildman–Crippen MR) is 79.4 cm³/mol. The Morgan fingerprint density at radius 1 is 1.20 bits per heavy atom. The monoisotopic (exact) mass is 273 g/mol. The van der Waals surface area contributed by atoms with Gasteiger partial charge in [0.2, 0.25) is 5.91 Å². The highest BCUT2D eigenvalue weighted by molar-refractivity contribution is 5.82. The summed E-state index contributed by atoms with van der Waals surface area (Å²) in [6.45, 7) is 5.35. The van der Waals surface area contributed by atoms with E-state index in [2.05, 4.69) is 41.8 Å². The number of piperazine rings is 1. The number of carbonyl (C=O) groups is 1. The number of hydrogen-bond donors (Lipinski definition) is 2. The van der Waals surface area contributed by atoms with Crippen molar-refractivity contribution < 1.29 is 4.79 Å². The fourth-order valence-electron chi connectivity index (χ4n) is 3.07. The minimum Gasteiger partial charge on any atom is -0.337 e. The second kappa shape index (κ2) is 5.94. The molecule has 108 valence electrons. The van der Waals surface area contributed by atoms with Gasteiger partial charge in [0.1, 0.15) is 0 Å². The van der Waals surface area contributed by atoms with Crippen LogP contribution in [-0.2, 0) is 17.8 Å². The lowest BCUT2D eigenvalue weighted by atomic mass is 10.0. The van der Waals surface area contributed by atoms with Crippen LogP contribution in [0.4, 0.5) is 0 Å². The zero-order valence-corrected chi connectivity index (χ0v) is 12.1.